The van der Waals surface area contributed by atoms with Gasteiger partial charge in [-0.1, -0.05) is 13.8 Å². The summed E-state index contributed by atoms with van der Waals surface area (Å²) in [6, 6.07) is 0. The zero-order chi connectivity index (χ0) is 12.6. The van der Waals surface area contributed by atoms with E-state index in [1.165, 1.54) is 0 Å². The van der Waals surface area contributed by atoms with Crippen molar-refractivity contribution in [2.75, 3.05) is 0 Å². The number of aliphatic carboxylic acids is 1. The van der Waals surface area contributed by atoms with Gasteiger partial charge in [-0.25, -0.2) is 4.98 Å². The second-order valence-corrected chi connectivity index (χ2v) is 4.81. The molecule has 0 aliphatic heterocycles. The van der Waals surface area contributed by atoms with E-state index in [2.05, 4.69) is 9.97 Å². The molecule has 17 heavy (non-hydrogen) atoms. The lowest BCUT2D eigenvalue weighted by atomic mass is 9.87. The third-order valence-electron chi connectivity index (χ3n) is 3.20. The van der Waals surface area contributed by atoms with Gasteiger partial charge in [-0.2, -0.15) is 0 Å². The fraction of sp³-hybridized carbons (Fsp3) is 0.583. The molecule has 0 amide bonds. The minimum atomic E-state index is -0.831. The second-order valence-electron chi connectivity index (χ2n) is 4.81. The van der Waals surface area contributed by atoms with Crippen LogP contribution in [0.3, 0.4) is 0 Å². The van der Waals surface area contributed by atoms with Crippen LogP contribution in [0, 0.1) is 5.92 Å². The highest BCUT2D eigenvalue weighted by Gasteiger charge is 2.27. The standard InChI is InChI=1S/C12H16N2O3/c1-6(2)10-13-9-4-3-7(12(16)17)5-8(9)11(15)14-10/h6-7H,3-5H2,1-2H3,(H,16,17)(H,13,14,15). The first kappa shape index (κ1) is 11.8. The molecule has 2 rings (SSSR count). The van der Waals surface area contributed by atoms with Gasteiger partial charge in [-0.05, 0) is 19.3 Å². The van der Waals surface area contributed by atoms with E-state index in [0.29, 0.717) is 30.7 Å². The highest BCUT2D eigenvalue weighted by molar-refractivity contribution is 5.70. The Hall–Kier alpha value is -1.65. The zero-order valence-electron chi connectivity index (χ0n) is 9.99. The van der Waals surface area contributed by atoms with Crippen molar-refractivity contribution >= 4 is 5.97 Å². The first-order valence-electron chi connectivity index (χ1n) is 5.83. The molecule has 0 bridgehead atoms. The lowest BCUT2D eigenvalue weighted by Crippen LogP contribution is -2.30. The molecule has 5 nitrogen and oxygen atoms in total. The molecule has 1 atom stereocenters. The average molecular weight is 236 g/mol. The van der Waals surface area contributed by atoms with Crippen LogP contribution in [0.25, 0.3) is 0 Å². The number of aromatic nitrogens is 2. The van der Waals surface area contributed by atoms with Gasteiger partial charge >= 0.3 is 5.97 Å². The number of hydrogen-bond donors (Lipinski definition) is 2. The summed E-state index contributed by atoms with van der Waals surface area (Å²) in [5.74, 6) is -0.425. The smallest absolute Gasteiger partial charge is 0.306 e. The van der Waals surface area contributed by atoms with E-state index in [1.54, 1.807) is 0 Å². The maximum Gasteiger partial charge on any atom is 0.306 e. The Morgan fingerprint density at radius 2 is 2.24 bits per heavy atom. The molecule has 1 aliphatic rings. The molecule has 1 aromatic rings. The topological polar surface area (TPSA) is 83.0 Å². The highest BCUT2D eigenvalue weighted by Crippen LogP contribution is 2.22. The van der Waals surface area contributed by atoms with E-state index in [0.717, 1.165) is 5.69 Å². The molecule has 0 fully saturated rings. The summed E-state index contributed by atoms with van der Waals surface area (Å²) in [5, 5.41) is 8.96. The zero-order valence-corrected chi connectivity index (χ0v) is 9.99. The minimum Gasteiger partial charge on any atom is -0.481 e. The van der Waals surface area contributed by atoms with Crippen LogP contribution in [-0.2, 0) is 17.6 Å². The summed E-state index contributed by atoms with van der Waals surface area (Å²) in [6.07, 6.45) is 1.44. The Bertz CT molecular complexity index is 505. The predicted molar refractivity (Wildman–Crippen MR) is 62.1 cm³/mol. The third-order valence-corrected chi connectivity index (χ3v) is 3.20. The number of nitrogens with one attached hydrogen (secondary N) is 1. The van der Waals surface area contributed by atoms with E-state index >= 15 is 0 Å². The molecule has 2 N–H and O–H groups in total. The van der Waals surface area contributed by atoms with Crippen LogP contribution in [0.4, 0.5) is 0 Å². The lowest BCUT2D eigenvalue weighted by Gasteiger charge is -2.20. The van der Waals surface area contributed by atoms with Gasteiger partial charge in [0, 0.05) is 11.5 Å². The van der Waals surface area contributed by atoms with Gasteiger partial charge in [-0.15, -0.1) is 0 Å². The number of aryl methyl sites for hydroxylation is 1. The van der Waals surface area contributed by atoms with Crippen molar-refractivity contribution in [3.8, 4) is 0 Å². The fourth-order valence-corrected chi connectivity index (χ4v) is 2.12. The quantitative estimate of drug-likeness (QED) is 0.805. The van der Waals surface area contributed by atoms with E-state index in [-0.39, 0.29) is 11.5 Å². The van der Waals surface area contributed by atoms with Crippen molar-refractivity contribution in [3.05, 3.63) is 27.4 Å². The van der Waals surface area contributed by atoms with Crippen LogP contribution in [0.15, 0.2) is 4.79 Å². The number of fused-ring (bicyclic) bond motifs is 1. The van der Waals surface area contributed by atoms with Crippen LogP contribution in [0.2, 0.25) is 0 Å². The Morgan fingerprint density at radius 1 is 1.53 bits per heavy atom. The van der Waals surface area contributed by atoms with Crippen molar-refractivity contribution < 1.29 is 9.90 Å². The second kappa shape index (κ2) is 4.31. The normalized spacial score (nSPS) is 19.1. The highest BCUT2D eigenvalue weighted by atomic mass is 16.4. The van der Waals surface area contributed by atoms with E-state index in [4.69, 9.17) is 5.11 Å². The third kappa shape index (κ3) is 2.23. The number of hydrogen-bond acceptors (Lipinski definition) is 3. The van der Waals surface area contributed by atoms with Gasteiger partial charge in [0.05, 0.1) is 11.6 Å². The van der Waals surface area contributed by atoms with Crippen molar-refractivity contribution in [3.63, 3.8) is 0 Å². The van der Waals surface area contributed by atoms with E-state index in [1.807, 2.05) is 13.8 Å². The summed E-state index contributed by atoms with van der Waals surface area (Å²) >= 11 is 0. The maximum absolute atomic E-state index is 11.9. The van der Waals surface area contributed by atoms with Gasteiger partial charge < -0.3 is 10.1 Å². The van der Waals surface area contributed by atoms with Gasteiger partial charge in [0.25, 0.3) is 5.56 Å². The molecule has 0 aromatic carbocycles. The van der Waals surface area contributed by atoms with E-state index in [9.17, 15) is 9.59 Å². The molecule has 0 saturated carbocycles. The Balaban J connectivity index is 2.40. The maximum atomic E-state index is 11.9. The number of nitrogens with zero attached hydrogens (tertiary/aromatic N) is 1. The number of rotatable bonds is 2. The molecule has 0 saturated heterocycles. The summed E-state index contributed by atoms with van der Waals surface area (Å²) in [4.78, 5) is 29.9. The Labute approximate surface area is 98.9 Å². The van der Waals surface area contributed by atoms with Crippen molar-refractivity contribution in [1.29, 1.82) is 0 Å². The first-order valence-corrected chi connectivity index (χ1v) is 5.83. The van der Waals surface area contributed by atoms with Crippen molar-refractivity contribution in [2.45, 2.75) is 39.0 Å². The van der Waals surface area contributed by atoms with Crippen LogP contribution >= 0.6 is 0 Å². The number of carbonyl (C=O) groups is 1. The minimum absolute atomic E-state index is 0.171. The lowest BCUT2D eigenvalue weighted by molar-refractivity contribution is -0.142. The molecule has 0 radical (unpaired) electrons. The molecular formula is C12H16N2O3. The van der Waals surface area contributed by atoms with Crippen LogP contribution in [0.1, 0.15) is 43.3 Å². The molecule has 5 heteroatoms. The molecule has 1 unspecified atom stereocenters. The number of carboxylic acid groups (broad SMARTS) is 1. The van der Waals surface area contributed by atoms with Crippen molar-refractivity contribution in [1.82, 2.24) is 9.97 Å². The molecule has 92 valence electrons. The van der Waals surface area contributed by atoms with Gasteiger partial charge in [0.15, 0.2) is 0 Å². The van der Waals surface area contributed by atoms with Crippen molar-refractivity contribution in [2.24, 2.45) is 5.92 Å². The van der Waals surface area contributed by atoms with E-state index < -0.39 is 11.9 Å². The molecule has 0 spiro atoms. The number of carboxylic acids is 1. The van der Waals surface area contributed by atoms with Crippen LogP contribution in [0.5, 0.6) is 0 Å². The molecule has 1 aliphatic carbocycles. The van der Waals surface area contributed by atoms with Crippen LogP contribution < -0.4 is 5.56 Å². The number of H-pyrrole nitrogens is 1. The molecular weight excluding hydrogens is 220 g/mol. The fourth-order valence-electron chi connectivity index (χ4n) is 2.12. The summed E-state index contributed by atoms with van der Waals surface area (Å²) in [7, 11) is 0. The Kier molecular flexibility index (Phi) is 3.00. The number of aromatic amines is 1. The van der Waals surface area contributed by atoms with Gasteiger partial charge in [-0.3, -0.25) is 9.59 Å². The average Bonchev–Trinajstić information content (AvgIpc) is 2.28. The SMILES string of the molecule is CC(C)c1nc2c(c(=O)[nH]1)CC(C(=O)O)CC2. The predicted octanol–water partition coefficient (Wildman–Crippen LogP) is 1.08. The summed E-state index contributed by atoms with van der Waals surface area (Å²) in [5.41, 5.74) is 1.15. The first-order chi connectivity index (χ1) is 7.99. The Morgan fingerprint density at radius 3 is 2.82 bits per heavy atom. The summed E-state index contributed by atoms with van der Waals surface area (Å²) < 4.78 is 0. The largest absolute Gasteiger partial charge is 0.481 e. The monoisotopic (exact) mass is 236 g/mol. The summed E-state index contributed by atoms with van der Waals surface area (Å²) in [6.45, 7) is 3.93. The van der Waals surface area contributed by atoms with Crippen LogP contribution in [-0.4, -0.2) is 21.0 Å². The molecule has 1 heterocycles. The van der Waals surface area contributed by atoms with Gasteiger partial charge in [0.2, 0.25) is 0 Å². The van der Waals surface area contributed by atoms with Gasteiger partial charge in [0.1, 0.15) is 5.82 Å². The molecule has 1 aromatic heterocycles.